The molecule has 0 amide bonds. The summed E-state index contributed by atoms with van der Waals surface area (Å²) in [7, 11) is 0. The highest BCUT2D eigenvalue weighted by Gasteiger charge is 2.07. The van der Waals surface area contributed by atoms with Crippen molar-refractivity contribution < 1.29 is 4.79 Å². The molecular formula is C25H48O. The van der Waals surface area contributed by atoms with Crippen LogP contribution >= 0.6 is 0 Å². The van der Waals surface area contributed by atoms with Gasteiger partial charge in [0.05, 0.1) is 0 Å². The summed E-state index contributed by atoms with van der Waals surface area (Å²) >= 11 is 0. The smallest absolute Gasteiger partial charge is 0.132 e. The van der Waals surface area contributed by atoms with E-state index in [2.05, 4.69) is 25.3 Å². The molecule has 0 N–H and O–H groups in total. The van der Waals surface area contributed by atoms with E-state index in [0.29, 0.717) is 5.78 Å². The quantitative estimate of drug-likeness (QED) is 0.392. The molecule has 0 atom stereocenters. The lowest BCUT2D eigenvalue weighted by Gasteiger charge is -2.06. The Morgan fingerprint density at radius 3 is 1.27 bits per heavy atom. The number of Topliss-reactive ketones (excluding diaryl/α,β-unsaturated/α-hetero) is 1. The van der Waals surface area contributed by atoms with Gasteiger partial charge in [0.1, 0.15) is 5.78 Å². The number of carbonyl (C=O) groups is 1. The largest absolute Gasteiger partial charge is 0.300 e. The number of hydrogen-bond donors (Lipinski definition) is 0. The summed E-state index contributed by atoms with van der Waals surface area (Å²) in [5.41, 5.74) is 2.46. The van der Waals surface area contributed by atoms with E-state index in [9.17, 15) is 4.79 Å². The van der Waals surface area contributed by atoms with Gasteiger partial charge in [0.15, 0.2) is 0 Å². The zero-order valence-corrected chi connectivity index (χ0v) is 19.0. The SMILES string of the molecule is C1CCCCC1.C=C1C=CCC(=C)C1.CC.CC.CC.O=C1CCCC1. The molecule has 0 aromatic rings. The molecule has 0 spiro atoms. The van der Waals surface area contributed by atoms with Crippen LogP contribution in [0.4, 0.5) is 0 Å². The molecule has 2 fully saturated rings. The van der Waals surface area contributed by atoms with E-state index < -0.39 is 0 Å². The summed E-state index contributed by atoms with van der Waals surface area (Å²) in [5.74, 6) is 0.454. The van der Waals surface area contributed by atoms with Gasteiger partial charge in [-0.15, -0.1) is 0 Å². The number of carbonyl (C=O) groups excluding carboxylic acids is 1. The van der Waals surface area contributed by atoms with Gasteiger partial charge in [-0.1, -0.05) is 117 Å². The Kier molecular flexibility index (Phi) is 29.8. The van der Waals surface area contributed by atoms with Crippen LogP contribution in [0, 0.1) is 0 Å². The van der Waals surface area contributed by atoms with Crippen LogP contribution in [0.15, 0.2) is 36.5 Å². The van der Waals surface area contributed by atoms with Gasteiger partial charge in [-0.3, -0.25) is 4.79 Å². The third-order valence-electron chi connectivity index (χ3n) is 3.90. The van der Waals surface area contributed by atoms with E-state index in [1.54, 1.807) is 0 Å². The first kappa shape index (κ1) is 29.6. The fourth-order valence-electron chi connectivity index (χ4n) is 2.67. The van der Waals surface area contributed by atoms with Crippen LogP contribution < -0.4 is 0 Å². The van der Waals surface area contributed by atoms with Gasteiger partial charge in [-0.05, 0) is 25.7 Å². The van der Waals surface area contributed by atoms with Crippen molar-refractivity contribution in [2.75, 3.05) is 0 Å². The van der Waals surface area contributed by atoms with Crippen molar-refractivity contribution >= 4 is 5.78 Å². The van der Waals surface area contributed by atoms with Crippen molar-refractivity contribution in [2.24, 2.45) is 0 Å². The highest BCUT2D eigenvalue weighted by molar-refractivity contribution is 5.80. The van der Waals surface area contributed by atoms with Gasteiger partial charge in [-0.2, -0.15) is 0 Å². The molecule has 0 aromatic heterocycles. The van der Waals surface area contributed by atoms with Gasteiger partial charge in [0.2, 0.25) is 0 Å². The maximum absolute atomic E-state index is 10.2. The lowest BCUT2D eigenvalue weighted by Crippen LogP contribution is -1.87. The van der Waals surface area contributed by atoms with E-state index in [1.165, 1.54) is 49.7 Å². The topological polar surface area (TPSA) is 17.1 Å². The van der Waals surface area contributed by atoms with E-state index in [4.69, 9.17) is 0 Å². The Morgan fingerprint density at radius 1 is 0.692 bits per heavy atom. The molecule has 154 valence electrons. The van der Waals surface area contributed by atoms with Gasteiger partial charge < -0.3 is 0 Å². The predicted octanol–water partition coefficient (Wildman–Crippen LogP) is 9.00. The van der Waals surface area contributed by atoms with Crippen LogP contribution in [0.2, 0.25) is 0 Å². The van der Waals surface area contributed by atoms with E-state index in [-0.39, 0.29) is 0 Å². The average Bonchev–Trinajstić information content (AvgIpc) is 3.20. The Hall–Kier alpha value is -1.11. The van der Waals surface area contributed by atoms with Crippen molar-refractivity contribution in [3.63, 3.8) is 0 Å². The second-order valence-electron chi connectivity index (χ2n) is 6.06. The van der Waals surface area contributed by atoms with Crippen molar-refractivity contribution in [1.29, 1.82) is 0 Å². The fraction of sp³-hybridized carbons (Fsp3) is 0.720. The molecule has 0 radical (unpaired) electrons. The van der Waals surface area contributed by atoms with Gasteiger partial charge in [-0.25, -0.2) is 0 Å². The standard InChI is InChI=1S/C8H10.C6H12.C5H8O.3C2H6/c1-7-4-3-5-8(2)6-7;1-2-4-6-5-3-1;6-5-3-1-2-4-5;3*1-2/h3-4H,1-2,5-6H2;1-6H2;1-4H2;3*1-2H3. The first-order chi connectivity index (χ1) is 12.7. The molecule has 3 rings (SSSR count). The lowest BCUT2D eigenvalue weighted by molar-refractivity contribution is -0.117. The molecule has 3 aliphatic rings. The minimum atomic E-state index is 0.454. The average molecular weight is 365 g/mol. The van der Waals surface area contributed by atoms with Crippen molar-refractivity contribution in [3.05, 3.63) is 36.5 Å². The van der Waals surface area contributed by atoms with Crippen molar-refractivity contribution in [2.45, 2.75) is 119 Å². The molecule has 26 heavy (non-hydrogen) atoms. The van der Waals surface area contributed by atoms with Gasteiger partial charge in [0, 0.05) is 12.8 Å². The molecule has 2 saturated carbocycles. The predicted molar refractivity (Wildman–Crippen MR) is 122 cm³/mol. The lowest BCUT2D eigenvalue weighted by atomic mass is 9.99. The minimum absolute atomic E-state index is 0.454. The minimum Gasteiger partial charge on any atom is -0.300 e. The number of hydrogen-bond acceptors (Lipinski definition) is 1. The fourth-order valence-corrected chi connectivity index (χ4v) is 2.67. The molecule has 3 aliphatic carbocycles. The molecule has 1 nitrogen and oxygen atoms in total. The molecule has 0 unspecified atom stereocenters. The molecule has 0 aromatic carbocycles. The first-order valence-electron chi connectivity index (χ1n) is 11.2. The van der Waals surface area contributed by atoms with Gasteiger partial charge in [0.25, 0.3) is 0 Å². The Bertz CT molecular complexity index is 326. The van der Waals surface area contributed by atoms with Gasteiger partial charge >= 0.3 is 0 Å². The second kappa shape index (κ2) is 26.1. The van der Waals surface area contributed by atoms with Crippen LogP contribution in [0.25, 0.3) is 0 Å². The number of allylic oxidation sites excluding steroid dienone is 4. The summed E-state index contributed by atoms with van der Waals surface area (Å²) in [6.45, 7) is 19.7. The van der Waals surface area contributed by atoms with E-state index in [0.717, 1.165) is 38.5 Å². The van der Waals surface area contributed by atoms with Crippen molar-refractivity contribution in [3.8, 4) is 0 Å². The molecule has 0 bridgehead atoms. The van der Waals surface area contributed by atoms with Crippen LogP contribution in [0.5, 0.6) is 0 Å². The Labute approximate surface area is 166 Å². The number of rotatable bonds is 0. The zero-order valence-electron chi connectivity index (χ0n) is 19.0. The summed E-state index contributed by atoms with van der Waals surface area (Å²) in [5, 5.41) is 0. The zero-order chi connectivity index (χ0) is 20.6. The third-order valence-corrected chi connectivity index (χ3v) is 3.90. The van der Waals surface area contributed by atoms with E-state index >= 15 is 0 Å². The summed E-state index contributed by atoms with van der Waals surface area (Å²) in [6, 6.07) is 0. The van der Waals surface area contributed by atoms with Crippen LogP contribution in [-0.4, -0.2) is 5.78 Å². The maximum atomic E-state index is 10.2. The second-order valence-corrected chi connectivity index (χ2v) is 6.06. The number of ketones is 1. The first-order valence-corrected chi connectivity index (χ1v) is 11.2. The molecule has 1 heteroatoms. The normalized spacial score (nSPS) is 17.4. The van der Waals surface area contributed by atoms with Crippen molar-refractivity contribution in [1.82, 2.24) is 0 Å². The third kappa shape index (κ3) is 22.9. The van der Waals surface area contributed by atoms with Crippen LogP contribution in [0.1, 0.15) is 119 Å². The molecule has 0 saturated heterocycles. The Balaban J connectivity index is -0.000000269. The molecular weight excluding hydrogens is 316 g/mol. The summed E-state index contributed by atoms with van der Waals surface area (Å²) in [6.07, 6.45) is 19.2. The summed E-state index contributed by atoms with van der Waals surface area (Å²) in [4.78, 5) is 10.2. The van der Waals surface area contributed by atoms with Crippen LogP contribution in [-0.2, 0) is 4.79 Å². The summed E-state index contributed by atoms with van der Waals surface area (Å²) < 4.78 is 0. The monoisotopic (exact) mass is 364 g/mol. The highest BCUT2D eigenvalue weighted by Crippen LogP contribution is 2.18. The highest BCUT2D eigenvalue weighted by atomic mass is 16.1. The maximum Gasteiger partial charge on any atom is 0.132 e. The Morgan fingerprint density at radius 2 is 1.08 bits per heavy atom. The molecule has 0 heterocycles. The molecule has 0 aliphatic heterocycles. The van der Waals surface area contributed by atoms with E-state index in [1.807, 2.05) is 41.5 Å². The van der Waals surface area contributed by atoms with Crippen LogP contribution in [0.3, 0.4) is 0 Å².